The van der Waals surface area contributed by atoms with Crippen LogP contribution in [0.2, 0.25) is 0 Å². The molecule has 33 heavy (non-hydrogen) atoms. The summed E-state index contributed by atoms with van der Waals surface area (Å²) < 4.78 is 10.1. The first kappa shape index (κ1) is 40.6. The van der Waals surface area contributed by atoms with Gasteiger partial charge in [0.05, 0.1) is 12.7 Å². The molecule has 0 aromatic carbocycles. The summed E-state index contributed by atoms with van der Waals surface area (Å²) in [4.78, 5) is 33.6. The normalized spacial score (nSPS) is 8.58. The van der Waals surface area contributed by atoms with E-state index in [1.165, 1.54) is 56.5 Å². The van der Waals surface area contributed by atoms with Crippen molar-refractivity contribution in [3.8, 4) is 6.07 Å². The van der Waals surface area contributed by atoms with Crippen LogP contribution in [-0.4, -0.2) is 107 Å². The van der Waals surface area contributed by atoms with E-state index in [4.69, 9.17) is 15.7 Å². The van der Waals surface area contributed by atoms with E-state index in [2.05, 4.69) is 23.5 Å². The van der Waals surface area contributed by atoms with Gasteiger partial charge in [-0.15, -0.1) is 0 Å². The minimum absolute atomic E-state index is 0. The van der Waals surface area contributed by atoms with Crippen LogP contribution in [0.15, 0.2) is 4.94 Å². The molecule has 1 heterocycles. The van der Waals surface area contributed by atoms with Crippen molar-refractivity contribution in [1.82, 2.24) is 0 Å². The molecule has 0 atom stereocenters. The van der Waals surface area contributed by atoms with Crippen LogP contribution in [0.3, 0.4) is 0 Å². The maximum atomic E-state index is 11.6. The zero-order chi connectivity index (χ0) is 25.2. The van der Waals surface area contributed by atoms with Crippen LogP contribution in [0.5, 0.6) is 0 Å². The fourth-order valence-corrected chi connectivity index (χ4v) is 3.91. The maximum absolute atomic E-state index is 11.6. The molecule has 1 aromatic heterocycles. The average Bonchev–Trinajstić information content (AvgIpc) is 3.16. The van der Waals surface area contributed by atoms with Crippen LogP contribution in [0.25, 0.3) is 0 Å². The molecule has 0 fully saturated rings. The van der Waals surface area contributed by atoms with Gasteiger partial charge in [0.15, 0.2) is 0 Å². The van der Waals surface area contributed by atoms with Crippen molar-refractivity contribution in [2.45, 2.75) is 79.1 Å². The number of anilines is 1. The number of nitrogens with two attached hydrogens (primary N) is 1. The second kappa shape index (κ2) is 32.4. The molecule has 1 aromatic rings. The van der Waals surface area contributed by atoms with Crippen molar-refractivity contribution in [1.29, 1.82) is 5.26 Å². The van der Waals surface area contributed by atoms with E-state index in [9.17, 15) is 14.4 Å². The summed E-state index contributed by atoms with van der Waals surface area (Å²) in [5.41, 5.74) is 7.56. The monoisotopic (exact) mass is 616 g/mol. The molecule has 0 aliphatic rings. The fraction of sp³-hybridized carbons (Fsp3) is 0.636. The molecule has 0 radical (unpaired) electrons. The number of ether oxygens (including phenoxy) is 2. The zero-order valence-corrected chi connectivity index (χ0v) is 29.0. The van der Waals surface area contributed by atoms with Gasteiger partial charge in [0.25, 0.3) is 0 Å². The first-order valence-corrected chi connectivity index (χ1v) is 21.3. The van der Waals surface area contributed by atoms with E-state index < -0.39 is 5.97 Å². The van der Waals surface area contributed by atoms with Crippen molar-refractivity contribution < 1.29 is 23.9 Å². The first-order chi connectivity index (χ1) is 15.4. The SMILES string of the molecule is CCCCCC=O.CCCCc1c[se]c(N)c1C(=O)OCC.CCOC(=O)CC#N.[Na][Na].[SeH2]. The van der Waals surface area contributed by atoms with Crippen LogP contribution in [0, 0.1) is 11.3 Å². The molecule has 0 saturated heterocycles. The third-order valence-electron chi connectivity index (χ3n) is 3.63. The number of nitrogen functional groups attached to an aromatic ring is 1. The molecule has 0 bridgehead atoms. The fourth-order valence-electron chi connectivity index (χ4n) is 2.15. The molecule has 11 heteroatoms. The Morgan fingerprint density at radius 1 is 1.09 bits per heavy atom. The third-order valence-corrected chi connectivity index (χ3v) is 5.43. The number of carbonyl (C=O) groups is 3. The van der Waals surface area contributed by atoms with Gasteiger partial charge in [0, 0.05) is 6.42 Å². The van der Waals surface area contributed by atoms with E-state index >= 15 is 0 Å². The van der Waals surface area contributed by atoms with Gasteiger partial charge in [-0.1, -0.05) is 19.8 Å². The Kier molecular flexibility index (Phi) is 39.9. The molecule has 1 rings (SSSR count). The summed E-state index contributed by atoms with van der Waals surface area (Å²) in [6, 6.07) is 1.68. The first-order valence-electron chi connectivity index (χ1n) is 11.4. The zero-order valence-electron chi connectivity index (χ0n) is 21.2. The Balaban J connectivity index is -0.000000200. The molecule has 0 amide bonds. The standard InChI is InChI=1S/C11H17NO2Se.C6H12O.C5H7NO2.2Na.H2Se/c1-3-5-6-8-7-15-10(12)9(8)11(13)14-4-2;1-2-3-4-5-6-7;1-2-8-5(7)3-4-6;;;/h7H,3-6,12H2,1-2H3;6H,2-5H2,1H3;2-3H2,1H3;;;1H2. The molecule has 7 nitrogen and oxygen atoms in total. The molecule has 0 aliphatic heterocycles. The van der Waals surface area contributed by atoms with Gasteiger partial charge in [0.2, 0.25) is 0 Å². The van der Waals surface area contributed by atoms with Crippen LogP contribution in [-0.2, 0) is 25.5 Å². The Morgan fingerprint density at radius 2 is 1.67 bits per heavy atom. The predicted octanol–water partition coefficient (Wildman–Crippen LogP) is 2.40. The van der Waals surface area contributed by atoms with E-state index in [0.717, 1.165) is 44.0 Å². The van der Waals surface area contributed by atoms with Crippen LogP contribution >= 0.6 is 0 Å². The molecule has 180 valence electrons. The summed E-state index contributed by atoms with van der Waals surface area (Å²) in [5, 5.41) is 7.91. The van der Waals surface area contributed by atoms with E-state index in [-0.39, 0.29) is 44.0 Å². The van der Waals surface area contributed by atoms with E-state index in [1.54, 1.807) is 13.0 Å². The Morgan fingerprint density at radius 3 is 2.12 bits per heavy atom. The van der Waals surface area contributed by atoms with Gasteiger partial charge >= 0.3 is 163 Å². The summed E-state index contributed by atoms with van der Waals surface area (Å²) in [7, 11) is 0. The van der Waals surface area contributed by atoms with Crippen molar-refractivity contribution in [2.24, 2.45) is 0 Å². The van der Waals surface area contributed by atoms with E-state index in [1.807, 2.05) is 6.92 Å². The topological polar surface area (TPSA) is 119 Å². The number of unbranched alkanes of at least 4 members (excludes halogenated alkanes) is 4. The predicted molar refractivity (Wildman–Crippen MR) is 139 cm³/mol. The number of nitriles is 1. The summed E-state index contributed by atoms with van der Waals surface area (Å²) in [5.74, 6) is -0.702. The second-order valence-electron chi connectivity index (χ2n) is 6.13. The molecular formula is C22H38N2Na2O5Se2. The van der Waals surface area contributed by atoms with Crippen molar-refractivity contribution >= 4 is 98.0 Å². The summed E-state index contributed by atoms with van der Waals surface area (Å²) in [6.45, 7) is 8.53. The van der Waals surface area contributed by atoms with E-state index in [0.29, 0.717) is 23.3 Å². The molecule has 0 saturated carbocycles. The average molecular weight is 614 g/mol. The quantitative estimate of drug-likeness (QED) is 0.176. The van der Waals surface area contributed by atoms with Gasteiger partial charge in [-0.05, 0) is 13.3 Å². The Hall–Kier alpha value is 0.419. The van der Waals surface area contributed by atoms with Gasteiger partial charge in [-0.25, -0.2) is 0 Å². The number of esters is 2. The van der Waals surface area contributed by atoms with Gasteiger partial charge in [-0.2, -0.15) is 5.26 Å². The second-order valence-corrected chi connectivity index (χ2v) is 8.04. The van der Waals surface area contributed by atoms with Gasteiger partial charge in [-0.3, -0.25) is 4.79 Å². The molecule has 0 aliphatic carbocycles. The molecule has 0 spiro atoms. The number of rotatable bonds is 11. The summed E-state index contributed by atoms with van der Waals surface area (Å²) >= 11 is 3.03. The number of aryl methyl sites for hydroxylation is 1. The van der Waals surface area contributed by atoms with Crippen LogP contribution in [0.1, 0.15) is 88.6 Å². The number of aldehydes is 1. The number of hydrogen-bond acceptors (Lipinski definition) is 7. The minimum atomic E-state index is -0.449. The van der Waals surface area contributed by atoms with Crippen molar-refractivity contribution in [2.75, 3.05) is 18.9 Å². The van der Waals surface area contributed by atoms with Crippen LogP contribution in [0.4, 0.5) is 4.56 Å². The van der Waals surface area contributed by atoms with Crippen molar-refractivity contribution in [3.05, 3.63) is 16.1 Å². The molecule has 2 N–H and O–H groups in total. The summed E-state index contributed by atoms with van der Waals surface area (Å²) in [6.07, 6.45) is 8.20. The van der Waals surface area contributed by atoms with Crippen LogP contribution < -0.4 is 5.73 Å². The van der Waals surface area contributed by atoms with Gasteiger partial charge in [0.1, 0.15) is 12.7 Å². The Labute approximate surface area is 244 Å². The van der Waals surface area contributed by atoms with Crippen molar-refractivity contribution in [3.63, 3.8) is 0 Å². The number of hydrogen-bond donors (Lipinski definition) is 1. The molecule has 0 unspecified atom stereocenters. The number of carbonyl (C=O) groups excluding carboxylic acids is 3. The third kappa shape index (κ3) is 25.3. The number of nitrogens with zero attached hydrogens (tertiary/aromatic N) is 1. The molecular weight excluding hydrogens is 576 g/mol. The van der Waals surface area contributed by atoms with Gasteiger partial charge < -0.3 is 9.53 Å². The Bertz CT molecular complexity index is 653.